The zero-order valence-electron chi connectivity index (χ0n) is 15.0. The molecule has 0 unspecified atom stereocenters. The fourth-order valence-electron chi connectivity index (χ4n) is 2.95. The van der Waals surface area contributed by atoms with Gasteiger partial charge in [0.05, 0.1) is 12.1 Å². The number of hydrogen-bond donors (Lipinski definition) is 3. The third kappa shape index (κ3) is 3.98. The Morgan fingerprint density at radius 2 is 1.85 bits per heavy atom. The van der Waals surface area contributed by atoms with Crippen LogP contribution in [-0.4, -0.2) is 15.6 Å². The predicted molar refractivity (Wildman–Crippen MR) is 104 cm³/mol. The number of benzene rings is 1. The van der Waals surface area contributed by atoms with Gasteiger partial charge in [-0.15, -0.1) is 11.3 Å². The Morgan fingerprint density at radius 1 is 1.15 bits per heavy atom. The van der Waals surface area contributed by atoms with Crippen molar-refractivity contribution in [1.29, 1.82) is 0 Å². The number of carbonyl (C=O) groups excluding carboxylic acids is 1. The lowest BCUT2D eigenvalue weighted by Crippen LogP contribution is -2.23. The molecule has 2 heterocycles. The van der Waals surface area contributed by atoms with E-state index < -0.39 is 0 Å². The summed E-state index contributed by atoms with van der Waals surface area (Å²) in [5.41, 5.74) is 10.3. The maximum atomic E-state index is 12.6. The molecule has 0 aliphatic carbocycles. The van der Waals surface area contributed by atoms with Gasteiger partial charge in [0.25, 0.3) is 5.91 Å². The van der Waals surface area contributed by atoms with E-state index in [1.165, 1.54) is 11.3 Å². The van der Waals surface area contributed by atoms with Crippen molar-refractivity contribution in [2.24, 2.45) is 5.73 Å². The van der Waals surface area contributed by atoms with Crippen molar-refractivity contribution in [2.45, 2.75) is 33.5 Å². The molecule has 4 N–H and O–H groups in total. The average Bonchev–Trinajstić information content (AvgIpc) is 3.18. The summed E-state index contributed by atoms with van der Waals surface area (Å²) >= 11 is 1.35. The van der Waals surface area contributed by atoms with Gasteiger partial charge < -0.3 is 20.7 Å². The number of rotatable bonds is 6. The van der Waals surface area contributed by atoms with Crippen LogP contribution in [-0.2, 0) is 19.6 Å². The Morgan fingerprint density at radius 3 is 2.46 bits per heavy atom. The van der Waals surface area contributed by atoms with Gasteiger partial charge >= 0.3 is 0 Å². The van der Waals surface area contributed by atoms with Crippen LogP contribution in [0.25, 0.3) is 0 Å². The summed E-state index contributed by atoms with van der Waals surface area (Å²) in [5.74, 6) is -0.0821. The average molecular weight is 369 g/mol. The minimum atomic E-state index is -0.0821. The molecule has 0 fully saturated rings. The van der Waals surface area contributed by atoms with Crippen molar-refractivity contribution >= 4 is 17.2 Å². The van der Waals surface area contributed by atoms with E-state index in [0.717, 1.165) is 27.4 Å². The lowest BCUT2D eigenvalue weighted by Gasteiger charge is -2.09. The zero-order valence-corrected chi connectivity index (χ0v) is 15.8. The first-order chi connectivity index (χ1) is 12.5. The normalized spacial score (nSPS) is 10.9. The Bertz CT molecular complexity index is 910. The van der Waals surface area contributed by atoms with Gasteiger partial charge in [-0.25, -0.2) is 0 Å². The molecule has 6 heteroatoms. The minimum absolute atomic E-state index is 0.0821. The molecule has 1 amide bonds. The summed E-state index contributed by atoms with van der Waals surface area (Å²) in [5, 5.41) is 12.8. The fraction of sp³-hybridized carbons (Fsp3) is 0.250. The molecule has 0 aliphatic heterocycles. The Balaban J connectivity index is 1.70. The van der Waals surface area contributed by atoms with Crippen LogP contribution in [0.2, 0.25) is 0 Å². The molecule has 0 radical (unpaired) electrons. The molecule has 26 heavy (non-hydrogen) atoms. The Labute approximate surface area is 157 Å². The summed E-state index contributed by atoms with van der Waals surface area (Å²) in [6.07, 6.45) is 0. The number of thiophene rings is 1. The highest BCUT2D eigenvalue weighted by atomic mass is 32.1. The molecule has 0 spiro atoms. The smallest absolute Gasteiger partial charge is 0.253 e. The standard InChI is InChI=1S/C20H23N3O2S/c1-13-9-18(14(2)23(13)12-17-7-8-19(24)26-17)20(25)22-11-16-5-3-15(10-21)4-6-16/h3-9,24H,10-12,21H2,1-2H3,(H,22,25). The Kier molecular flexibility index (Phi) is 5.44. The predicted octanol–water partition coefficient (Wildman–Crippen LogP) is 3.31. The quantitative estimate of drug-likeness (QED) is 0.624. The number of carbonyl (C=O) groups is 1. The molecule has 136 valence electrons. The minimum Gasteiger partial charge on any atom is -0.499 e. The third-order valence-corrected chi connectivity index (χ3v) is 5.36. The highest BCUT2D eigenvalue weighted by molar-refractivity contribution is 7.13. The first-order valence-electron chi connectivity index (χ1n) is 8.48. The van der Waals surface area contributed by atoms with Crippen molar-refractivity contribution in [3.05, 3.63) is 75.4 Å². The number of aryl methyl sites for hydroxylation is 1. The molecular formula is C20H23N3O2S. The largest absolute Gasteiger partial charge is 0.499 e. The van der Waals surface area contributed by atoms with Crippen LogP contribution < -0.4 is 11.1 Å². The monoisotopic (exact) mass is 369 g/mol. The van der Waals surface area contributed by atoms with Crippen LogP contribution in [0, 0.1) is 13.8 Å². The number of nitrogens with two attached hydrogens (primary N) is 1. The van der Waals surface area contributed by atoms with E-state index in [-0.39, 0.29) is 5.91 Å². The summed E-state index contributed by atoms with van der Waals surface area (Å²) in [6.45, 7) is 5.58. The summed E-state index contributed by atoms with van der Waals surface area (Å²) in [7, 11) is 0. The molecule has 3 rings (SSSR count). The topological polar surface area (TPSA) is 80.3 Å². The molecular weight excluding hydrogens is 346 g/mol. The van der Waals surface area contributed by atoms with E-state index in [1.807, 2.05) is 50.2 Å². The van der Waals surface area contributed by atoms with Gasteiger partial charge in [-0.2, -0.15) is 0 Å². The second-order valence-corrected chi connectivity index (χ2v) is 7.46. The van der Waals surface area contributed by atoms with E-state index >= 15 is 0 Å². The Hall–Kier alpha value is -2.57. The maximum absolute atomic E-state index is 12.6. The first-order valence-corrected chi connectivity index (χ1v) is 9.30. The number of amides is 1. The van der Waals surface area contributed by atoms with Gasteiger partial charge in [-0.05, 0) is 43.2 Å². The second-order valence-electron chi connectivity index (χ2n) is 6.31. The number of aromatic nitrogens is 1. The van der Waals surface area contributed by atoms with Gasteiger partial charge in [-0.3, -0.25) is 4.79 Å². The molecule has 0 saturated heterocycles. The molecule has 0 saturated carbocycles. The number of nitrogens with zero attached hydrogens (tertiary/aromatic N) is 1. The van der Waals surface area contributed by atoms with E-state index in [2.05, 4.69) is 9.88 Å². The molecule has 3 aromatic rings. The molecule has 2 aromatic heterocycles. The van der Waals surface area contributed by atoms with Gasteiger partial charge in [0.2, 0.25) is 0 Å². The molecule has 1 aromatic carbocycles. The number of aromatic hydroxyl groups is 1. The summed E-state index contributed by atoms with van der Waals surface area (Å²) < 4.78 is 2.09. The van der Waals surface area contributed by atoms with E-state index in [1.54, 1.807) is 6.07 Å². The van der Waals surface area contributed by atoms with Gasteiger partial charge in [-0.1, -0.05) is 24.3 Å². The van der Waals surface area contributed by atoms with Gasteiger partial charge in [0, 0.05) is 29.4 Å². The summed E-state index contributed by atoms with van der Waals surface area (Å²) in [6, 6.07) is 13.4. The molecule has 0 atom stereocenters. The lowest BCUT2D eigenvalue weighted by atomic mass is 10.1. The van der Waals surface area contributed by atoms with Crippen molar-refractivity contribution in [3.8, 4) is 5.06 Å². The molecule has 0 bridgehead atoms. The maximum Gasteiger partial charge on any atom is 0.253 e. The van der Waals surface area contributed by atoms with Crippen LogP contribution >= 0.6 is 11.3 Å². The number of hydrogen-bond acceptors (Lipinski definition) is 4. The first kappa shape index (κ1) is 18.2. The van der Waals surface area contributed by atoms with Crippen LogP contribution in [0.5, 0.6) is 5.06 Å². The molecule has 5 nitrogen and oxygen atoms in total. The van der Waals surface area contributed by atoms with Crippen LogP contribution in [0.3, 0.4) is 0 Å². The van der Waals surface area contributed by atoms with E-state index in [0.29, 0.717) is 30.3 Å². The van der Waals surface area contributed by atoms with Crippen molar-refractivity contribution in [1.82, 2.24) is 9.88 Å². The zero-order chi connectivity index (χ0) is 18.7. The fourth-order valence-corrected chi connectivity index (χ4v) is 3.69. The van der Waals surface area contributed by atoms with Crippen molar-refractivity contribution in [2.75, 3.05) is 0 Å². The second kappa shape index (κ2) is 7.76. The van der Waals surface area contributed by atoms with Crippen molar-refractivity contribution < 1.29 is 9.90 Å². The van der Waals surface area contributed by atoms with Crippen LogP contribution in [0.15, 0.2) is 42.5 Å². The highest BCUT2D eigenvalue weighted by Gasteiger charge is 2.16. The lowest BCUT2D eigenvalue weighted by molar-refractivity contribution is 0.0950. The SMILES string of the molecule is Cc1cc(C(=O)NCc2ccc(CN)cc2)c(C)n1Cc1ccc(O)s1. The van der Waals surface area contributed by atoms with E-state index in [4.69, 9.17) is 5.73 Å². The third-order valence-electron chi connectivity index (χ3n) is 4.49. The van der Waals surface area contributed by atoms with Gasteiger partial charge in [0.1, 0.15) is 0 Å². The number of nitrogens with one attached hydrogen (secondary N) is 1. The summed E-state index contributed by atoms with van der Waals surface area (Å²) in [4.78, 5) is 13.7. The van der Waals surface area contributed by atoms with E-state index in [9.17, 15) is 9.90 Å². The van der Waals surface area contributed by atoms with Crippen LogP contribution in [0.4, 0.5) is 0 Å². The molecule has 0 aliphatic rings. The van der Waals surface area contributed by atoms with Crippen molar-refractivity contribution in [3.63, 3.8) is 0 Å². The highest BCUT2D eigenvalue weighted by Crippen LogP contribution is 2.25. The van der Waals surface area contributed by atoms with Crippen LogP contribution in [0.1, 0.15) is 37.7 Å². The van der Waals surface area contributed by atoms with Gasteiger partial charge in [0.15, 0.2) is 5.06 Å².